The number of rotatable bonds is 5. The molecule has 0 aliphatic carbocycles. The first-order valence-corrected chi connectivity index (χ1v) is 8.79. The summed E-state index contributed by atoms with van der Waals surface area (Å²) in [6.07, 6.45) is 5.71. The summed E-state index contributed by atoms with van der Waals surface area (Å²) in [7, 11) is 0. The molecule has 4 rings (SSSR count). The summed E-state index contributed by atoms with van der Waals surface area (Å²) in [6.45, 7) is 0.251. The van der Waals surface area contributed by atoms with Gasteiger partial charge in [-0.25, -0.2) is 13.8 Å². The number of pyridine rings is 1. The first kappa shape index (κ1) is 17.0. The smallest absolute Gasteiger partial charge is 0.344 e. The van der Waals surface area contributed by atoms with Gasteiger partial charge in [-0.2, -0.15) is 9.66 Å². The van der Waals surface area contributed by atoms with Gasteiger partial charge in [0.15, 0.2) is 0 Å². The zero-order valence-electron chi connectivity index (χ0n) is 14.7. The second kappa shape index (κ2) is 7.04. The van der Waals surface area contributed by atoms with Crippen LogP contribution in [0.25, 0.3) is 27.7 Å². The van der Waals surface area contributed by atoms with Gasteiger partial charge in [-0.05, 0) is 12.1 Å². The largest absolute Gasteiger partial charge is 0.350 e. The number of aromatic nitrogens is 3. The molecule has 0 saturated heterocycles. The van der Waals surface area contributed by atoms with Gasteiger partial charge in [0.25, 0.3) is 5.65 Å². The van der Waals surface area contributed by atoms with E-state index in [0.29, 0.717) is 18.5 Å². The van der Waals surface area contributed by atoms with E-state index < -0.39 is 6.67 Å². The minimum Gasteiger partial charge on any atom is -0.344 e. The molecule has 5 nitrogen and oxygen atoms in total. The number of benzene rings is 1. The summed E-state index contributed by atoms with van der Waals surface area (Å²) >= 11 is 0. The van der Waals surface area contributed by atoms with E-state index >= 15 is 0 Å². The summed E-state index contributed by atoms with van der Waals surface area (Å²) in [4.78, 5) is 13.2. The molecule has 0 atom stereocenters. The first-order valence-electron chi connectivity index (χ1n) is 8.79. The van der Waals surface area contributed by atoms with E-state index in [0.717, 1.165) is 22.1 Å². The van der Waals surface area contributed by atoms with Crippen molar-refractivity contribution in [2.45, 2.75) is 19.5 Å². The van der Waals surface area contributed by atoms with Crippen LogP contribution in [0.1, 0.15) is 6.42 Å². The zero-order chi connectivity index (χ0) is 18.8. The number of nitriles is 1. The van der Waals surface area contributed by atoms with Crippen LogP contribution in [0.5, 0.6) is 0 Å². The third-order valence-electron chi connectivity index (χ3n) is 4.74. The van der Waals surface area contributed by atoms with Crippen molar-refractivity contribution in [2.24, 2.45) is 0 Å². The van der Waals surface area contributed by atoms with Gasteiger partial charge in [0, 0.05) is 28.7 Å². The van der Waals surface area contributed by atoms with Gasteiger partial charge in [-0.1, -0.05) is 24.3 Å². The number of hydrogen-bond acceptors (Lipinski definition) is 2. The second-order valence-corrected chi connectivity index (χ2v) is 6.32. The van der Waals surface area contributed by atoms with Crippen LogP contribution >= 0.6 is 0 Å². The van der Waals surface area contributed by atoms with Gasteiger partial charge in [0.2, 0.25) is 0 Å². The Kier molecular flexibility index (Phi) is 4.43. The van der Waals surface area contributed by atoms with Crippen LogP contribution in [-0.4, -0.2) is 15.6 Å². The lowest BCUT2D eigenvalue weighted by Gasteiger charge is -2.05. The lowest BCUT2D eigenvalue weighted by molar-refractivity contribution is -0.673. The summed E-state index contributed by atoms with van der Waals surface area (Å²) in [6, 6.07) is 15.4. The number of fused-ring (bicyclic) bond motifs is 2. The number of halogens is 1. The number of alkyl halides is 1. The van der Waals surface area contributed by atoms with Gasteiger partial charge < -0.3 is 4.57 Å². The van der Waals surface area contributed by atoms with Crippen molar-refractivity contribution in [1.82, 2.24) is 8.97 Å². The van der Waals surface area contributed by atoms with Crippen LogP contribution in [0, 0.1) is 11.3 Å². The highest BCUT2D eigenvalue weighted by molar-refractivity contribution is 5.95. The molecule has 0 fully saturated rings. The van der Waals surface area contributed by atoms with Gasteiger partial charge >= 0.3 is 5.56 Å². The SMILES string of the molecule is N#CCC[n+]1cc(-c2cn(CCF)c3ccccc23)c(=O)n2ccccc21. The van der Waals surface area contributed by atoms with E-state index in [4.69, 9.17) is 5.26 Å². The van der Waals surface area contributed by atoms with Crippen molar-refractivity contribution in [1.29, 1.82) is 5.26 Å². The van der Waals surface area contributed by atoms with Crippen LogP contribution in [0.3, 0.4) is 0 Å². The quantitative estimate of drug-likeness (QED) is 0.513. The predicted octanol–water partition coefficient (Wildman–Crippen LogP) is 3.09. The van der Waals surface area contributed by atoms with Crippen LogP contribution < -0.4 is 10.1 Å². The predicted molar refractivity (Wildman–Crippen MR) is 101 cm³/mol. The molecule has 0 aliphatic heterocycles. The summed E-state index contributed by atoms with van der Waals surface area (Å²) in [5.74, 6) is 0. The van der Waals surface area contributed by atoms with Crippen LogP contribution in [-0.2, 0) is 13.1 Å². The van der Waals surface area contributed by atoms with Crippen LogP contribution in [0.2, 0.25) is 0 Å². The average Bonchev–Trinajstić information content (AvgIpc) is 3.07. The number of para-hydroxylation sites is 1. The maximum Gasteiger partial charge on any atom is 0.350 e. The molecule has 1 aromatic carbocycles. The molecule has 27 heavy (non-hydrogen) atoms. The third-order valence-corrected chi connectivity index (χ3v) is 4.74. The van der Waals surface area contributed by atoms with E-state index in [9.17, 15) is 9.18 Å². The lowest BCUT2D eigenvalue weighted by atomic mass is 10.1. The fourth-order valence-electron chi connectivity index (χ4n) is 3.52. The van der Waals surface area contributed by atoms with E-state index in [-0.39, 0.29) is 12.1 Å². The van der Waals surface area contributed by atoms with Gasteiger partial charge in [-0.3, -0.25) is 0 Å². The average molecular weight is 361 g/mol. The normalized spacial score (nSPS) is 11.1. The molecule has 0 aliphatic rings. The Hall–Kier alpha value is -3.46. The van der Waals surface area contributed by atoms with E-state index in [1.807, 2.05) is 51.7 Å². The Morgan fingerprint density at radius 3 is 2.74 bits per heavy atom. The molecule has 6 heteroatoms. The van der Waals surface area contributed by atoms with Crippen molar-refractivity contribution in [3.05, 3.63) is 71.4 Å². The summed E-state index contributed by atoms with van der Waals surface area (Å²) in [5.41, 5.74) is 2.79. The highest BCUT2D eigenvalue weighted by Crippen LogP contribution is 2.28. The fraction of sp³-hybridized carbons (Fsp3) is 0.190. The minimum atomic E-state index is -0.475. The first-order chi connectivity index (χ1) is 13.2. The molecule has 0 unspecified atom stereocenters. The van der Waals surface area contributed by atoms with Gasteiger partial charge in [-0.15, -0.1) is 0 Å². The molecule has 3 aromatic heterocycles. The molecule has 0 N–H and O–H groups in total. The molecule has 0 radical (unpaired) electrons. The molecule has 0 amide bonds. The summed E-state index contributed by atoms with van der Waals surface area (Å²) < 4.78 is 18.3. The van der Waals surface area contributed by atoms with Gasteiger partial charge in [0.05, 0.1) is 25.2 Å². The van der Waals surface area contributed by atoms with Crippen molar-refractivity contribution in [3.8, 4) is 17.2 Å². The topological polar surface area (TPSA) is 54.1 Å². The molecule has 4 aromatic rings. The van der Waals surface area contributed by atoms with Crippen molar-refractivity contribution < 1.29 is 8.96 Å². The molecular formula is C21H18FN4O+. The Bertz CT molecular complexity index is 1230. The molecule has 0 bridgehead atoms. The van der Waals surface area contributed by atoms with Crippen LogP contribution in [0.15, 0.2) is 65.8 Å². The Morgan fingerprint density at radius 1 is 1.11 bits per heavy atom. The zero-order valence-corrected chi connectivity index (χ0v) is 14.7. The van der Waals surface area contributed by atoms with Crippen molar-refractivity contribution in [2.75, 3.05) is 6.67 Å². The van der Waals surface area contributed by atoms with Crippen molar-refractivity contribution >= 4 is 16.6 Å². The Morgan fingerprint density at radius 2 is 1.93 bits per heavy atom. The number of hydrogen-bond donors (Lipinski definition) is 0. The van der Waals surface area contributed by atoms with E-state index in [2.05, 4.69) is 6.07 Å². The lowest BCUT2D eigenvalue weighted by Crippen LogP contribution is -2.40. The minimum absolute atomic E-state index is 0.137. The van der Waals surface area contributed by atoms with E-state index in [1.54, 1.807) is 22.9 Å². The van der Waals surface area contributed by atoms with Crippen LogP contribution in [0.4, 0.5) is 4.39 Å². The standard InChI is InChI=1S/C21H18FN4O/c22-9-13-24-14-17(16-6-1-2-7-19(16)24)18-15-25(11-5-10-23)20-8-3-4-12-26(20)21(18)27/h1-4,6-8,12,14-15H,5,9,11,13H2/q+1. The highest BCUT2D eigenvalue weighted by atomic mass is 19.1. The molecule has 0 spiro atoms. The Balaban J connectivity index is 2.02. The monoisotopic (exact) mass is 361 g/mol. The number of nitrogens with zero attached hydrogens (tertiary/aromatic N) is 4. The highest BCUT2D eigenvalue weighted by Gasteiger charge is 2.20. The molecule has 134 valence electrons. The maximum atomic E-state index is 13.2. The fourth-order valence-corrected chi connectivity index (χ4v) is 3.52. The van der Waals surface area contributed by atoms with Crippen molar-refractivity contribution in [3.63, 3.8) is 0 Å². The summed E-state index contributed by atoms with van der Waals surface area (Å²) in [5, 5.41) is 9.88. The van der Waals surface area contributed by atoms with E-state index in [1.165, 1.54) is 0 Å². The third kappa shape index (κ3) is 2.87. The molecule has 0 saturated carbocycles. The maximum absolute atomic E-state index is 13.2. The molecule has 3 heterocycles. The number of aryl methyl sites for hydroxylation is 2. The van der Waals surface area contributed by atoms with Gasteiger partial charge in [0.1, 0.15) is 25.0 Å². The Labute approximate surface area is 155 Å². The molecular weight excluding hydrogens is 343 g/mol. The second-order valence-electron chi connectivity index (χ2n) is 6.32.